The SMILES string of the molecule is CCNC1N[C@@H]2[C@@H](O)[C@H](O)[C@@H](C(=O)N3CCC(Cc4ccccc4)CC3)O[C@@H]2S1. The monoisotopic (exact) mass is 421 g/mol. The third kappa shape index (κ3) is 4.62. The van der Waals surface area contributed by atoms with Crippen LogP contribution in [-0.4, -0.2) is 75.9 Å². The summed E-state index contributed by atoms with van der Waals surface area (Å²) in [5.41, 5.74) is 0.917. The van der Waals surface area contributed by atoms with E-state index in [-0.39, 0.29) is 22.9 Å². The van der Waals surface area contributed by atoms with E-state index in [1.54, 1.807) is 4.90 Å². The Morgan fingerprint density at radius 3 is 2.66 bits per heavy atom. The Morgan fingerprint density at radius 1 is 1.24 bits per heavy atom. The van der Waals surface area contributed by atoms with Crippen molar-refractivity contribution in [2.24, 2.45) is 5.92 Å². The van der Waals surface area contributed by atoms with Gasteiger partial charge in [-0.2, -0.15) is 0 Å². The summed E-state index contributed by atoms with van der Waals surface area (Å²) in [6.07, 6.45) is -0.351. The number of hydrogen-bond acceptors (Lipinski definition) is 7. The first-order valence-electron chi connectivity index (χ1n) is 10.6. The number of carbonyl (C=O) groups is 1. The normalized spacial score (nSPS) is 35.5. The zero-order valence-corrected chi connectivity index (χ0v) is 17.6. The molecule has 0 bridgehead atoms. The highest BCUT2D eigenvalue weighted by Gasteiger charge is 2.52. The van der Waals surface area contributed by atoms with Gasteiger partial charge in [-0.3, -0.25) is 15.4 Å². The molecule has 3 heterocycles. The van der Waals surface area contributed by atoms with Gasteiger partial charge in [0, 0.05) is 13.1 Å². The third-order valence-electron chi connectivity index (χ3n) is 6.14. The van der Waals surface area contributed by atoms with Gasteiger partial charge in [-0.15, -0.1) is 0 Å². The molecule has 160 valence electrons. The second kappa shape index (κ2) is 9.32. The highest BCUT2D eigenvalue weighted by Crippen LogP contribution is 2.36. The predicted molar refractivity (Wildman–Crippen MR) is 112 cm³/mol. The molecule has 0 saturated carbocycles. The molecule has 1 amide bonds. The van der Waals surface area contributed by atoms with Crippen LogP contribution in [0.5, 0.6) is 0 Å². The Kier molecular flexibility index (Phi) is 6.78. The van der Waals surface area contributed by atoms with Gasteiger partial charge in [0.1, 0.15) is 23.1 Å². The second-order valence-electron chi connectivity index (χ2n) is 8.13. The van der Waals surface area contributed by atoms with E-state index in [9.17, 15) is 15.0 Å². The number of fused-ring (bicyclic) bond motifs is 1. The highest BCUT2D eigenvalue weighted by molar-refractivity contribution is 8.00. The number of aliphatic hydroxyl groups is 2. The van der Waals surface area contributed by atoms with Crippen molar-refractivity contribution in [1.82, 2.24) is 15.5 Å². The summed E-state index contributed by atoms with van der Waals surface area (Å²) >= 11 is 1.51. The standard InChI is InChI=1S/C21H31N3O4S/c1-2-22-21-23-15-16(25)17(26)18(28-20(15)29-21)19(27)24-10-8-14(9-11-24)12-13-6-4-3-5-7-13/h3-7,14-18,20-23,25-26H,2,8-12H2,1H3/t15-,16-,17+,18+,20-,21?/m1/s1. The molecular weight excluding hydrogens is 390 g/mol. The van der Waals surface area contributed by atoms with E-state index in [4.69, 9.17) is 4.74 Å². The fourth-order valence-corrected chi connectivity index (χ4v) is 5.85. The number of amides is 1. The summed E-state index contributed by atoms with van der Waals surface area (Å²) in [5.74, 6) is 0.352. The van der Waals surface area contributed by atoms with E-state index >= 15 is 0 Å². The maximum absolute atomic E-state index is 13.1. The van der Waals surface area contributed by atoms with Crippen LogP contribution in [0.25, 0.3) is 0 Å². The topological polar surface area (TPSA) is 94.1 Å². The second-order valence-corrected chi connectivity index (χ2v) is 9.34. The fraction of sp³-hybridized carbons (Fsp3) is 0.667. The first-order valence-corrected chi connectivity index (χ1v) is 11.5. The van der Waals surface area contributed by atoms with Gasteiger partial charge >= 0.3 is 0 Å². The minimum Gasteiger partial charge on any atom is -0.389 e. The number of nitrogens with zero attached hydrogens (tertiary/aromatic N) is 1. The van der Waals surface area contributed by atoms with E-state index in [0.29, 0.717) is 19.0 Å². The molecule has 0 spiro atoms. The van der Waals surface area contributed by atoms with Gasteiger partial charge in [-0.25, -0.2) is 0 Å². The zero-order chi connectivity index (χ0) is 20.4. The molecule has 3 aliphatic heterocycles. The Morgan fingerprint density at radius 2 is 1.97 bits per heavy atom. The lowest BCUT2D eigenvalue weighted by Crippen LogP contribution is -2.63. The van der Waals surface area contributed by atoms with Crippen molar-refractivity contribution in [3.05, 3.63) is 35.9 Å². The lowest BCUT2D eigenvalue weighted by Gasteiger charge is -2.41. The van der Waals surface area contributed by atoms with Crippen molar-refractivity contribution < 1.29 is 19.7 Å². The number of likely N-dealkylation sites (tertiary alicyclic amines) is 1. The van der Waals surface area contributed by atoms with Crippen LogP contribution >= 0.6 is 11.8 Å². The average molecular weight is 422 g/mol. The molecule has 3 fully saturated rings. The maximum Gasteiger partial charge on any atom is 0.254 e. The first kappa shape index (κ1) is 21.1. The Labute approximate surface area is 176 Å². The molecule has 3 saturated heterocycles. The zero-order valence-electron chi connectivity index (χ0n) is 16.7. The molecule has 1 aromatic carbocycles. The number of rotatable bonds is 5. The fourth-order valence-electron chi connectivity index (χ4n) is 4.49. The summed E-state index contributed by atoms with van der Waals surface area (Å²) in [7, 11) is 0. The average Bonchev–Trinajstić information content (AvgIpc) is 3.15. The van der Waals surface area contributed by atoms with Crippen LogP contribution in [-0.2, 0) is 16.0 Å². The number of nitrogens with one attached hydrogen (secondary N) is 2. The van der Waals surface area contributed by atoms with E-state index in [2.05, 4.69) is 34.9 Å². The molecule has 0 radical (unpaired) electrons. The maximum atomic E-state index is 13.1. The summed E-state index contributed by atoms with van der Waals surface area (Å²) in [6.45, 7) is 4.12. The van der Waals surface area contributed by atoms with Gasteiger partial charge in [-0.05, 0) is 37.3 Å². The van der Waals surface area contributed by atoms with Crippen molar-refractivity contribution in [3.63, 3.8) is 0 Å². The molecular formula is C21H31N3O4S. The van der Waals surface area contributed by atoms with E-state index < -0.39 is 18.3 Å². The van der Waals surface area contributed by atoms with Gasteiger partial charge in [0.2, 0.25) is 0 Å². The molecule has 0 aromatic heterocycles. The molecule has 8 heteroatoms. The lowest BCUT2D eigenvalue weighted by molar-refractivity contribution is -0.182. The van der Waals surface area contributed by atoms with E-state index in [1.807, 2.05) is 13.0 Å². The Hall–Kier alpha value is -1.16. The number of piperidine rings is 1. The Balaban J connectivity index is 1.32. The van der Waals surface area contributed by atoms with Crippen LogP contribution in [0.4, 0.5) is 0 Å². The van der Waals surface area contributed by atoms with Crippen LogP contribution < -0.4 is 10.6 Å². The summed E-state index contributed by atoms with van der Waals surface area (Å²) < 4.78 is 5.97. The van der Waals surface area contributed by atoms with Crippen LogP contribution in [0.3, 0.4) is 0 Å². The van der Waals surface area contributed by atoms with Crippen molar-refractivity contribution in [3.8, 4) is 0 Å². The van der Waals surface area contributed by atoms with Gasteiger partial charge in [0.25, 0.3) is 5.91 Å². The van der Waals surface area contributed by atoms with Gasteiger partial charge in [0.05, 0.1) is 6.04 Å². The quantitative estimate of drug-likeness (QED) is 0.550. The van der Waals surface area contributed by atoms with E-state index in [0.717, 1.165) is 25.8 Å². The van der Waals surface area contributed by atoms with Gasteiger partial charge in [0.15, 0.2) is 6.10 Å². The van der Waals surface area contributed by atoms with Crippen molar-refractivity contribution in [2.75, 3.05) is 19.6 Å². The predicted octanol–water partition coefficient (Wildman–Crippen LogP) is 0.513. The number of carbonyl (C=O) groups excluding carboxylic acids is 1. The van der Waals surface area contributed by atoms with E-state index in [1.165, 1.54) is 17.3 Å². The molecule has 4 N–H and O–H groups in total. The van der Waals surface area contributed by atoms with Crippen molar-refractivity contribution in [1.29, 1.82) is 0 Å². The molecule has 4 rings (SSSR count). The summed E-state index contributed by atoms with van der Waals surface area (Å²) in [5, 5.41) is 27.6. The van der Waals surface area contributed by atoms with Crippen LogP contribution in [0.15, 0.2) is 30.3 Å². The highest BCUT2D eigenvalue weighted by atomic mass is 32.2. The smallest absolute Gasteiger partial charge is 0.254 e. The minimum absolute atomic E-state index is 0.0561. The summed E-state index contributed by atoms with van der Waals surface area (Å²) in [4.78, 5) is 14.8. The Bertz CT molecular complexity index is 686. The molecule has 1 aromatic rings. The molecule has 6 atom stereocenters. The number of aliphatic hydroxyl groups excluding tert-OH is 2. The number of hydrogen-bond donors (Lipinski definition) is 4. The summed E-state index contributed by atoms with van der Waals surface area (Å²) in [6, 6.07) is 10.1. The molecule has 1 unspecified atom stereocenters. The largest absolute Gasteiger partial charge is 0.389 e. The minimum atomic E-state index is -1.22. The number of benzene rings is 1. The van der Waals surface area contributed by atoms with Gasteiger partial charge in [-0.1, -0.05) is 49.0 Å². The molecule has 29 heavy (non-hydrogen) atoms. The molecule has 0 aliphatic carbocycles. The molecule has 7 nitrogen and oxygen atoms in total. The number of thioether (sulfide) groups is 1. The molecule has 3 aliphatic rings. The first-order chi connectivity index (χ1) is 14.1. The van der Waals surface area contributed by atoms with Crippen LogP contribution in [0.1, 0.15) is 25.3 Å². The van der Waals surface area contributed by atoms with Crippen molar-refractivity contribution >= 4 is 17.7 Å². The third-order valence-corrected chi connectivity index (χ3v) is 7.39. The van der Waals surface area contributed by atoms with Gasteiger partial charge < -0.3 is 19.8 Å². The van der Waals surface area contributed by atoms with Crippen LogP contribution in [0, 0.1) is 5.92 Å². The number of ether oxygens (including phenoxy) is 1. The van der Waals surface area contributed by atoms with Crippen LogP contribution in [0.2, 0.25) is 0 Å². The van der Waals surface area contributed by atoms with Crippen molar-refractivity contribution in [2.45, 2.75) is 61.5 Å². The lowest BCUT2D eigenvalue weighted by atomic mass is 9.89.